The number of likely N-dealkylation sites (tertiary alicyclic amines) is 1. The van der Waals surface area contributed by atoms with Crippen LogP contribution in [0.5, 0.6) is 0 Å². The van der Waals surface area contributed by atoms with E-state index in [0.717, 1.165) is 75.3 Å². The van der Waals surface area contributed by atoms with Crippen LogP contribution in [0.2, 0.25) is 0 Å². The minimum absolute atomic E-state index is 0.0395. The highest BCUT2D eigenvalue weighted by Gasteiger charge is 2.47. The lowest BCUT2D eigenvalue weighted by molar-refractivity contribution is 0.104. The number of carboxylic acid groups (broad SMARTS) is 1. The van der Waals surface area contributed by atoms with Gasteiger partial charge in [0, 0.05) is 51.5 Å². The van der Waals surface area contributed by atoms with Gasteiger partial charge in [0.15, 0.2) is 0 Å². The highest BCUT2D eigenvalue weighted by atomic mass is 16.4. The normalized spacial score (nSPS) is 28.2. The molecule has 0 aromatic carbocycles. The summed E-state index contributed by atoms with van der Waals surface area (Å²) < 4.78 is 0. The number of nitrogens with zero attached hydrogens (tertiary/aromatic N) is 6. The standard InChI is InChI=1S/C21H31N7O2/c1-25-9-11-26(12-10-25)8-5-15-13-18-17(3-2-7-27(18)21(29)30)28(15)20-16-4-6-22-19(16)23-14-24-20/h4,6,14-15,17-18H,2-3,5,7-13H2,1H3,(H,29,30)(H,22,23,24)/t15?,17-,18-/m1/s1. The summed E-state index contributed by atoms with van der Waals surface area (Å²) in [6.45, 7) is 6.12. The third kappa shape index (κ3) is 3.50. The number of nitrogens with one attached hydrogen (secondary N) is 1. The van der Waals surface area contributed by atoms with E-state index in [2.05, 4.69) is 36.7 Å². The first-order valence-corrected chi connectivity index (χ1v) is 11.1. The second-order valence-electron chi connectivity index (χ2n) is 8.92. The van der Waals surface area contributed by atoms with Crippen LogP contribution < -0.4 is 4.90 Å². The third-order valence-electron chi connectivity index (χ3n) is 7.21. The number of amides is 1. The van der Waals surface area contributed by atoms with Crippen LogP contribution in [0.25, 0.3) is 11.0 Å². The maximum Gasteiger partial charge on any atom is 0.407 e. The maximum absolute atomic E-state index is 11.9. The molecule has 3 atom stereocenters. The molecule has 3 aliphatic heterocycles. The number of anilines is 1. The van der Waals surface area contributed by atoms with E-state index in [1.54, 1.807) is 11.2 Å². The van der Waals surface area contributed by atoms with E-state index in [9.17, 15) is 9.90 Å². The topological polar surface area (TPSA) is 91.8 Å². The summed E-state index contributed by atoms with van der Waals surface area (Å²) in [6.07, 6.45) is 6.54. The van der Waals surface area contributed by atoms with Gasteiger partial charge >= 0.3 is 6.09 Å². The van der Waals surface area contributed by atoms with Gasteiger partial charge in [-0.1, -0.05) is 0 Å². The number of H-pyrrole nitrogens is 1. The first kappa shape index (κ1) is 19.6. The van der Waals surface area contributed by atoms with Crippen molar-refractivity contribution < 1.29 is 9.90 Å². The Kier molecular flexibility index (Phi) is 5.24. The van der Waals surface area contributed by atoms with E-state index in [1.807, 2.05) is 12.3 Å². The van der Waals surface area contributed by atoms with Crippen molar-refractivity contribution in [1.29, 1.82) is 0 Å². The summed E-state index contributed by atoms with van der Waals surface area (Å²) in [6, 6.07) is 2.54. The van der Waals surface area contributed by atoms with E-state index < -0.39 is 6.09 Å². The summed E-state index contributed by atoms with van der Waals surface area (Å²) in [7, 11) is 2.18. The summed E-state index contributed by atoms with van der Waals surface area (Å²) in [5.74, 6) is 0.948. The molecule has 2 aromatic rings. The molecule has 5 heterocycles. The number of aromatic amines is 1. The predicted molar refractivity (Wildman–Crippen MR) is 115 cm³/mol. The number of fused-ring (bicyclic) bond motifs is 2. The Morgan fingerprint density at radius 1 is 1.20 bits per heavy atom. The van der Waals surface area contributed by atoms with E-state index in [4.69, 9.17) is 0 Å². The van der Waals surface area contributed by atoms with E-state index >= 15 is 0 Å². The Morgan fingerprint density at radius 3 is 2.83 bits per heavy atom. The Bertz CT molecular complexity index is 894. The number of aromatic nitrogens is 3. The second kappa shape index (κ2) is 8.03. The fourth-order valence-electron chi connectivity index (χ4n) is 5.60. The van der Waals surface area contributed by atoms with E-state index in [0.29, 0.717) is 6.54 Å². The monoisotopic (exact) mass is 413 g/mol. The molecule has 0 spiro atoms. The molecule has 9 heteroatoms. The maximum atomic E-state index is 11.9. The molecule has 30 heavy (non-hydrogen) atoms. The molecular weight excluding hydrogens is 382 g/mol. The minimum Gasteiger partial charge on any atom is -0.465 e. The highest BCUT2D eigenvalue weighted by Crippen LogP contribution is 2.40. The average molecular weight is 414 g/mol. The van der Waals surface area contributed by atoms with Crippen molar-refractivity contribution >= 4 is 22.9 Å². The lowest BCUT2D eigenvalue weighted by Gasteiger charge is -2.39. The first-order valence-electron chi connectivity index (χ1n) is 11.1. The minimum atomic E-state index is -0.793. The first-order chi connectivity index (χ1) is 14.6. The molecule has 5 rings (SSSR count). The van der Waals surface area contributed by atoms with Crippen molar-refractivity contribution in [1.82, 2.24) is 29.7 Å². The van der Waals surface area contributed by atoms with Gasteiger partial charge in [-0.15, -0.1) is 0 Å². The van der Waals surface area contributed by atoms with Crippen LogP contribution in [0, 0.1) is 0 Å². The van der Waals surface area contributed by atoms with Crippen molar-refractivity contribution in [2.24, 2.45) is 0 Å². The Labute approximate surface area is 176 Å². The van der Waals surface area contributed by atoms with Crippen LogP contribution in [0.15, 0.2) is 18.6 Å². The zero-order chi connectivity index (χ0) is 20.7. The van der Waals surface area contributed by atoms with Gasteiger partial charge in [-0.05, 0) is 38.8 Å². The summed E-state index contributed by atoms with van der Waals surface area (Å²) in [5.41, 5.74) is 0.840. The quantitative estimate of drug-likeness (QED) is 0.788. The molecule has 9 nitrogen and oxygen atoms in total. The third-order valence-corrected chi connectivity index (χ3v) is 7.21. The number of hydrogen-bond donors (Lipinski definition) is 2. The molecular formula is C21H31N7O2. The molecule has 3 fully saturated rings. The Balaban J connectivity index is 1.42. The number of hydrogen-bond acceptors (Lipinski definition) is 6. The van der Waals surface area contributed by atoms with Gasteiger partial charge in [0.2, 0.25) is 0 Å². The SMILES string of the molecule is CN1CCN(CCC2C[C@@H]3[C@@H](CCCN3C(=O)O)N2c2ncnc3[nH]ccc23)CC1. The van der Waals surface area contributed by atoms with Gasteiger partial charge in [0.05, 0.1) is 17.5 Å². The highest BCUT2D eigenvalue weighted by molar-refractivity contribution is 5.87. The van der Waals surface area contributed by atoms with Crippen LogP contribution in [-0.2, 0) is 0 Å². The van der Waals surface area contributed by atoms with Crippen molar-refractivity contribution in [3.63, 3.8) is 0 Å². The fraction of sp³-hybridized carbons (Fsp3) is 0.667. The smallest absolute Gasteiger partial charge is 0.407 e. The number of piperazine rings is 1. The second-order valence-corrected chi connectivity index (χ2v) is 8.92. The molecule has 0 saturated carbocycles. The predicted octanol–water partition coefficient (Wildman–Crippen LogP) is 1.69. The molecule has 0 radical (unpaired) electrons. The summed E-state index contributed by atoms with van der Waals surface area (Å²) in [4.78, 5) is 33.2. The zero-order valence-corrected chi connectivity index (χ0v) is 17.6. The molecule has 0 aliphatic carbocycles. The average Bonchev–Trinajstić information content (AvgIpc) is 3.37. The van der Waals surface area contributed by atoms with Crippen molar-refractivity contribution in [3.8, 4) is 0 Å². The van der Waals surface area contributed by atoms with Crippen molar-refractivity contribution in [3.05, 3.63) is 18.6 Å². The Morgan fingerprint density at radius 2 is 2.03 bits per heavy atom. The number of likely N-dealkylation sites (N-methyl/N-ethyl adjacent to an activating group) is 1. The van der Waals surface area contributed by atoms with Gasteiger partial charge < -0.3 is 29.7 Å². The number of piperidine rings is 1. The van der Waals surface area contributed by atoms with Gasteiger partial charge in [-0.2, -0.15) is 0 Å². The fourth-order valence-corrected chi connectivity index (χ4v) is 5.60. The van der Waals surface area contributed by atoms with Crippen LogP contribution in [-0.4, -0.2) is 105 Å². The van der Waals surface area contributed by atoms with Gasteiger partial charge in [0.1, 0.15) is 17.8 Å². The molecule has 0 bridgehead atoms. The van der Waals surface area contributed by atoms with E-state index in [-0.39, 0.29) is 18.1 Å². The summed E-state index contributed by atoms with van der Waals surface area (Å²) in [5, 5.41) is 10.8. The van der Waals surface area contributed by atoms with Crippen LogP contribution >= 0.6 is 0 Å². The molecule has 162 valence electrons. The van der Waals surface area contributed by atoms with Gasteiger partial charge in [0.25, 0.3) is 0 Å². The van der Waals surface area contributed by atoms with Gasteiger partial charge in [-0.25, -0.2) is 14.8 Å². The molecule has 1 amide bonds. The van der Waals surface area contributed by atoms with Gasteiger partial charge in [-0.3, -0.25) is 0 Å². The van der Waals surface area contributed by atoms with Crippen LogP contribution in [0.3, 0.4) is 0 Å². The van der Waals surface area contributed by atoms with E-state index in [1.165, 1.54) is 0 Å². The lowest BCUT2D eigenvalue weighted by atomic mass is 9.96. The van der Waals surface area contributed by atoms with Crippen LogP contribution in [0.1, 0.15) is 25.7 Å². The number of rotatable bonds is 4. The van der Waals surface area contributed by atoms with Crippen LogP contribution in [0.4, 0.5) is 10.6 Å². The lowest BCUT2D eigenvalue weighted by Crippen LogP contribution is -2.52. The largest absolute Gasteiger partial charge is 0.465 e. The molecule has 3 aliphatic rings. The van der Waals surface area contributed by atoms with Crippen molar-refractivity contribution in [2.45, 2.75) is 43.8 Å². The summed E-state index contributed by atoms with van der Waals surface area (Å²) >= 11 is 0. The zero-order valence-electron chi connectivity index (χ0n) is 17.6. The number of carbonyl (C=O) groups is 1. The van der Waals surface area contributed by atoms with Crippen molar-refractivity contribution in [2.75, 3.05) is 51.2 Å². The molecule has 2 N–H and O–H groups in total. The molecule has 2 aromatic heterocycles. The Hall–Kier alpha value is -2.39. The molecule has 3 saturated heterocycles. The molecule has 1 unspecified atom stereocenters.